The zero-order chi connectivity index (χ0) is 12.5. The molecule has 0 saturated heterocycles. The third-order valence-corrected chi connectivity index (χ3v) is 2.65. The van der Waals surface area contributed by atoms with Crippen molar-refractivity contribution in [2.75, 3.05) is 13.2 Å². The van der Waals surface area contributed by atoms with E-state index in [4.69, 9.17) is 15.2 Å². The number of hydrogen-bond acceptors (Lipinski definition) is 3. The highest BCUT2D eigenvalue weighted by atomic mass is 16.7. The van der Waals surface area contributed by atoms with Gasteiger partial charge in [-0.15, -0.1) is 0 Å². The van der Waals surface area contributed by atoms with Crippen molar-refractivity contribution < 1.29 is 9.47 Å². The first-order chi connectivity index (χ1) is 8.27. The fraction of sp³-hybridized carbons (Fsp3) is 0.571. The highest BCUT2D eigenvalue weighted by Gasteiger charge is 2.12. The zero-order valence-electron chi connectivity index (χ0n) is 10.8. The van der Waals surface area contributed by atoms with E-state index in [0.717, 1.165) is 12.8 Å². The van der Waals surface area contributed by atoms with E-state index in [9.17, 15) is 0 Å². The van der Waals surface area contributed by atoms with Gasteiger partial charge in [0.2, 0.25) is 0 Å². The van der Waals surface area contributed by atoms with Crippen LogP contribution in [0.2, 0.25) is 0 Å². The smallest absolute Gasteiger partial charge is 0.157 e. The summed E-state index contributed by atoms with van der Waals surface area (Å²) in [6.07, 6.45) is 1.58. The molecule has 3 heteroatoms. The molecule has 1 aromatic carbocycles. The molecule has 2 N–H and O–H groups in total. The van der Waals surface area contributed by atoms with Crippen molar-refractivity contribution in [2.24, 2.45) is 5.73 Å². The predicted molar refractivity (Wildman–Crippen MR) is 69.6 cm³/mol. The molecule has 0 aromatic heterocycles. The lowest BCUT2D eigenvalue weighted by molar-refractivity contribution is -0.140. The molecule has 0 saturated carbocycles. The van der Waals surface area contributed by atoms with E-state index >= 15 is 0 Å². The molecule has 1 rings (SSSR count). The molecule has 0 aliphatic rings. The largest absolute Gasteiger partial charge is 0.353 e. The molecule has 0 bridgehead atoms. The minimum absolute atomic E-state index is 0.0552. The second-order valence-corrected chi connectivity index (χ2v) is 3.93. The Morgan fingerprint density at radius 3 is 2.12 bits per heavy atom. The summed E-state index contributed by atoms with van der Waals surface area (Å²) in [5.41, 5.74) is 7.29. The van der Waals surface area contributed by atoms with Crippen LogP contribution >= 0.6 is 0 Å². The van der Waals surface area contributed by atoms with Crippen LogP contribution in [-0.2, 0) is 9.47 Å². The first kappa shape index (κ1) is 14.2. The van der Waals surface area contributed by atoms with E-state index in [1.807, 2.05) is 32.0 Å². The van der Waals surface area contributed by atoms with Gasteiger partial charge in [-0.2, -0.15) is 0 Å². The lowest BCUT2D eigenvalue weighted by Crippen LogP contribution is -2.20. The number of hydrogen-bond donors (Lipinski definition) is 1. The molecule has 0 aliphatic carbocycles. The number of ether oxygens (including phenoxy) is 2. The van der Waals surface area contributed by atoms with Crippen molar-refractivity contribution >= 4 is 0 Å². The minimum Gasteiger partial charge on any atom is -0.353 e. The Kier molecular flexibility index (Phi) is 6.86. The number of rotatable bonds is 8. The van der Waals surface area contributed by atoms with Crippen LogP contribution in [0, 0.1) is 0 Å². The predicted octanol–water partition coefficient (Wildman–Crippen LogP) is 2.87. The van der Waals surface area contributed by atoms with E-state index in [1.54, 1.807) is 0 Å². The van der Waals surface area contributed by atoms with Gasteiger partial charge in [-0.3, -0.25) is 0 Å². The van der Waals surface area contributed by atoms with Gasteiger partial charge in [0.05, 0.1) is 0 Å². The average Bonchev–Trinajstić information content (AvgIpc) is 2.37. The Labute approximate surface area is 104 Å². The molecule has 0 radical (unpaired) electrons. The van der Waals surface area contributed by atoms with Gasteiger partial charge in [-0.05, 0) is 25.8 Å². The monoisotopic (exact) mass is 237 g/mol. The second-order valence-electron chi connectivity index (χ2n) is 3.93. The molecule has 0 fully saturated rings. The molecule has 0 heterocycles. The molecule has 0 amide bonds. The van der Waals surface area contributed by atoms with Gasteiger partial charge in [0.25, 0.3) is 0 Å². The molecular formula is C14H23NO2. The number of benzene rings is 1. The normalized spacial score (nSPS) is 12.9. The van der Waals surface area contributed by atoms with Crippen molar-refractivity contribution in [3.63, 3.8) is 0 Å². The van der Waals surface area contributed by atoms with Crippen molar-refractivity contribution in [3.05, 3.63) is 35.9 Å². The Hall–Kier alpha value is -0.900. The molecule has 0 aliphatic heterocycles. The highest BCUT2D eigenvalue weighted by molar-refractivity contribution is 5.18. The van der Waals surface area contributed by atoms with Gasteiger partial charge in [-0.1, -0.05) is 30.3 Å². The summed E-state index contributed by atoms with van der Waals surface area (Å²) in [7, 11) is 0. The van der Waals surface area contributed by atoms with Gasteiger partial charge in [0, 0.05) is 25.7 Å². The summed E-state index contributed by atoms with van der Waals surface area (Å²) < 4.78 is 11.0. The van der Waals surface area contributed by atoms with E-state index < -0.39 is 0 Å². The molecule has 1 atom stereocenters. The number of nitrogens with two attached hydrogens (primary N) is 1. The summed E-state index contributed by atoms with van der Waals surface area (Å²) in [5.74, 6) is 0. The van der Waals surface area contributed by atoms with Gasteiger partial charge in [-0.25, -0.2) is 0 Å². The topological polar surface area (TPSA) is 44.5 Å². The van der Waals surface area contributed by atoms with Crippen LogP contribution in [0.1, 0.15) is 38.3 Å². The van der Waals surface area contributed by atoms with Crippen LogP contribution in [-0.4, -0.2) is 19.5 Å². The van der Waals surface area contributed by atoms with Crippen LogP contribution < -0.4 is 5.73 Å². The van der Waals surface area contributed by atoms with Crippen molar-refractivity contribution in [1.82, 2.24) is 0 Å². The third kappa shape index (κ3) is 5.31. The van der Waals surface area contributed by atoms with E-state index in [-0.39, 0.29) is 12.3 Å². The van der Waals surface area contributed by atoms with Gasteiger partial charge < -0.3 is 15.2 Å². The Morgan fingerprint density at radius 2 is 1.59 bits per heavy atom. The minimum atomic E-state index is -0.125. The van der Waals surface area contributed by atoms with Crippen molar-refractivity contribution in [3.8, 4) is 0 Å². The molecular weight excluding hydrogens is 214 g/mol. The molecule has 0 spiro atoms. The summed E-state index contributed by atoms with van der Waals surface area (Å²) in [6.45, 7) is 5.29. The maximum atomic E-state index is 6.12. The Balaban J connectivity index is 2.38. The summed E-state index contributed by atoms with van der Waals surface area (Å²) in [6, 6.07) is 10.2. The van der Waals surface area contributed by atoms with E-state index in [1.165, 1.54) is 5.56 Å². The maximum Gasteiger partial charge on any atom is 0.157 e. The van der Waals surface area contributed by atoms with E-state index in [2.05, 4.69) is 12.1 Å². The first-order valence-electron chi connectivity index (χ1n) is 6.31. The van der Waals surface area contributed by atoms with Crippen LogP contribution in [0.25, 0.3) is 0 Å². The molecule has 3 nitrogen and oxygen atoms in total. The third-order valence-electron chi connectivity index (χ3n) is 2.65. The summed E-state index contributed by atoms with van der Waals surface area (Å²) in [5, 5.41) is 0. The van der Waals surface area contributed by atoms with Crippen molar-refractivity contribution in [2.45, 2.75) is 39.0 Å². The molecule has 96 valence electrons. The Morgan fingerprint density at radius 1 is 1.00 bits per heavy atom. The fourth-order valence-corrected chi connectivity index (χ4v) is 1.77. The lowest BCUT2D eigenvalue weighted by atomic mass is 10.0. The summed E-state index contributed by atoms with van der Waals surface area (Å²) >= 11 is 0. The second kappa shape index (κ2) is 8.23. The quantitative estimate of drug-likeness (QED) is 0.707. The Bertz CT molecular complexity index is 284. The maximum absolute atomic E-state index is 6.12. The lowest BCUT2D eigenvalue weighted by Gasteiger charge is -2.19. The summed E-state index contributed by atoms with van der Waals surface area (Å²) in [4.78, 5) is 0. The average molecular weight is 237 g/mol. The van der Waals surface area contributed by atoms with Crippen LogP contribution in [0.3, 0.4) is 0 Å². The van der Waals surface area contributed by atoms with Gasteiger partial charge >= 0.3 is 0 Å². The standard InChI is InChI=1S/C14H23NO2/c1-3-16-14(17-4-2)11-10-13(15)12-8-6-5-7-9-12/h5-9,13-14H,3-4,10-11,15H2,1-2H3. The van der Waals surface area contributed by atoms with Crippen LogP contribution in [0.4, 0.5) is 0 Å². The molecule has 1 unspecified atom stereocenters. The zero-order valence-corrected chi connectivity index (χ0v) is 10.8. The van der Waals surface area contributed by atoms with Crippen LogP contribution in [0.5, 0.6) is 0 Å². The molecule has 17 heavy (non-hydrogen) atoms. The van der Waals surface area contributed by atoms with Crippen LogP contribution in [0.15, 0.2) is 30.3 Å². The van der Waals surface area contributed by atoms with Gasteiger partial charge in [0.1, 0.15) is 0 Å². The van der Waals surface area contributed by atoms with E-state index in [0.29, 0.717) is 13.2 Å². The SMILES string of the molecule is CCOC(CCC(N)c1ccccc1)OCC. The van der Waals surface area contributed by atoms with Crippen molar-refractivity contribution in [1.29, 1.82) is 0 Å². The first-order valence-corrected chi connectivity index (χ1v) is 6.31. The van der Waals surface area contributed by atoms with Gasteiger partial charge in [0.15, 0.2) is 6.29 Å². The fourth-order valence-electron chi connectivity index (χ4n) is 1.77. The molecule has 1 aromatic rings. The highest BCUT2D eigenvalue weighted by Crippen LogP contribution is 2.17.